The van der Waals surface area contributed by atoms with Crippen LogP contribution in [-0.2, 0) is 16.0 Å². The average molecular weight is 307 g/mol. The average Bonchev–Trinajstić information content (AvgIpc) is 2.53. The van der Waals surface area contributed by atoms with Gasteiger partial charge in [0.05, 0.1) is 0 Å². The van der Waals surface area contributed by atoms with E-state index in [2.05, 4.69) is 43.4 Å². The first-order valence-corrected chi connectivity index (χ1v) is 8.80. The minimum absolute atomic E-state index is 0.245. The van der Waals surface area contributed by atoms with E-state index in [1.165, 1.54) is 31.2 Å². The van der Waals surface area contributed by atoms with Crippen LogP contribution in [0.3, 0.4) is 0 Å². The zero-order valence-corrected chi connectivity index (χ0v) is 14.7. The molecule has 1 aromatic carbocycles. The second-order valence-electron chi connectivity index (χ2n) is 5.64. The van der Waals surface area contributed by atoms with Crippen LogP contribution in [-0.4, -0.2) is 19.3 Å². The van der Waals surface area contributed by atoms with Gasteiger partial charge in [-0.05, 0) is 32.3 Å². The summed E-state index contributed by atoms with van der Waals surface area (Å²) in [6, 6.07) is 9.20. The van der Waals surface area contributed by atoms with E-state index in [0.717, 1.165) is 12.1 Å². The van der Waals surface area contributed by atoms with Gasteiger partial charge in [-0.15, -0.1) is 0 Å². The maximum Gasteiger partial charge on any atom is 0.183 e. The highest BCUT2D eigenvalue weighted by molar-refractivity contribution is 5.23. The van der Waals surface area contributed by atoms with Gasteiger partial charge >= 0.3 is 0 Å². The van der Waals surface area contributed by atoms with E-state index in [1.807, 2.05) is 13.8 Å². The Morgan fingerprint density at radius 1 is 0.864 bits per heavy atom. The molecule has 0 aliphatic carbocycles. The van der Waals surface area contributed by atoms with Crippen LogP contribution in [0, 0.1) is 0 Å². The highest BCUT2D eigenvalue weighted by Gasteiger charge is 2.11. The van der Waals surface area contributed by atoms with Crippen LogP contribution in [0.25, 0.3) is 0 Å². The first-order chi connectivity index (χ1) is 10.7. The molecule has 0 saturated heterocycles. The van der Waals surface area contributed by atoms with Gasteiger partial charge in [-0.25, -0.2) is 0 Å². The molecule has 0 atom stereocenters. The van der Waals surface area contributed by atoms with Crippen LogP contribution in [0.15, 0.2) is 24.3 Å². The second-order valence-corrected chi connectivity index (χ2v) is 5.64. The molecule has 0 radical (unpaired) electrons. The molecule has 3 heteroatoms. The van der Waals surface area contributed by atoms with Crippen LogP contribution in [0.1, 0.15) is 70.8 Å². The van der Waals surface area contributed by atoms with Gasteiger partial charge in [-0.2, -0.15) is 0 Å². The van der Waals surface area contributed by atoms with E-state index < -0.39 is 0 Å². The highest BCUT2D eigenvalue weighted by Crippen LogP contribution is 2.19. The molecule has 0 aromatic heterocycles. The predicted octanol–water partition coefficient (Wildman–Crippen LogP) is 4.82. The van der Waals surface area contributed by atoms with Crippen molar-refractivity contribution in [3.8, 4) is 0 Å². The van der Waals surface area contributed by atoms with Gasteiger partial charge in [-0.3, -0.25) is 0 Å². The van der Waals surface area contributed by atoms with Gasteiger partial charge in [0.25, 0.3) is 0 Å². The van der Waals surface area contributed by atoms with Crippen molar-refractivity contribution in [2.45, 2.75) is 72.3 Å². The summed E-state index contributed by atoms with van der Waals surface area (Å²) in [7, 11) is 0. The molecule has 0 amide bonds. The van der Waals surface area contributed by atoms with Crippen molar-refractivity contribution >= 4 is 0 Å². The van der Waals surface area contributed by atoms with Gasteiger partial charge in [0.2, 0.25) is 0 Å². The number of hydrogen-bond donors (Lipinski definition) is 1. The van der Waals surface area contributed by atoms with Crippen molar-refractivity contribution in [2.24, 2.45) is 0 Å². The Kier molecular flexibility index (Phi) is 10.1. The first kappa shape index (κ1) is 19.1. The molecule has 1 N–H and O–H groups in total. The lowest BCUT2D eigenvalue weighted by atomic mass is 10.1. The third kappa shape index (κ3) is 6.91. The van der Waals surface area contributed by atoms with Gasteiger partial charge in [0.15, 0.2) is 6.29 Å². The van der Waals surface area contributed by atoms with E-state index in [1.54, 1.807) is 0 Å². The molecule has 1 aromatic rings. The molecule has 0 spiro atoms. The van der Waals surface area contributed by atoms with Gasteiger partial charge < -0.3 is 14.8 Å². The fourth-order valence-electron chi connectivity index (χ4n) is 2.64. The molecule has 0 saturated carbocycles. The fourth-order valence-corrected chi connectivity index (χ4v) is 2.64. The van der Waals surface area contributed by atoms with Crippen LogP contribution < -0.4 is 5.32 Å². The number of rotatable bonds is 12. The summed E-state index contributed by atoms with van der Waals surface area (Å²) >= 11 is 0. The fraction of sp³-hybridized carbons (Fsp3) is 0.684. The molecule has 22 heavy (non-hydrogen) atoms. The second kappa shape index (κ2) is 11.6. The van der Waals surface area contributed by atoms with Crippen LogP contribution >= 0.6 is 0 Å². The summed E-state index contributed by atoms with van der Waals surface area (Å²) in [4.78, 5) is 0. The lowest BCUT2D eigenvalue weighted by molar-refractivity contribution is -0.140. The summed E-state index contributed by atoms with van der Waals surface area (Å²) in [5.41, 5.74) is 2.40. The lowest BCUT2D eigenvalue weighted by Crippen LogP contribution is -2.28. The van der Waals surface area contributed by atoms with Gasteiger partial charge in [0.1, 0.15) is 0 Å². The molecule has 3 nitrogen and oxygen atoms in total. The van der Waals surface area contributed by atoms with E-state index >= 15 is 0 Å². The maximum atomic E-state index is 5.63. The van der Waals surface area contributed by atoms with E-state index in [0.29, 0.717) is 19.3 Å². The van der Waals surface area contributed by atoms with E-state index in [-0.39, 0.29) is 6.29 Å². The van der Waals surface area contributed by atoms with Gasteiger partial charge in [0, 0.05) is 31.4 Å². The molecule has 1 rings (SSSR count). The Morgan fingerprint density at radius 3 is 1.86 bits per heavy atom. The zero-order valence-electron chi connectivity index (χ0n) is 14.7. The summed E-state index contributed by atoms with van der Waals surface area (Å²) in [5, 5.41) is 3.67. The Morgan fingerprint density at radius 2 is 1.41 bits per heavy atom. The molecule has 0 fully saturated rings. The Bertz CT molecular complexity index is 366. The number of benzene rings is 1. The summed E-state index contributed by atoms with van der Waals surface area (Å²) in [6.45, 7) is 10.7. The van der Waals surface area contributed by atoms with Crippen molar-refractivity contribution in [3.05, 3.63) is 35.4 Å². The van der Waals surface area contributed by atoms with Crippen LogP contribution in [0.2, 0.25) is 0 Å². The Labute approximate surface area is 136 Å². The normalized spacial score (nSPS) is 11.5. The third-order valence-electron chi connectivity index (χ3n) is 3.76. The number of hydrogen-bond acceptors (Lipinski definition) is 3. The van der Waals surface area contributed by atoms with Crippen molar-refractivity contribution in [1.82, 2.24) is 5.32 Å². The maximum absolute atomic E-state index is 5.63. The smallest absolute Gasteiger partial charge is 0.183 e. The molecule has 0 aliphatic heterocycles. The molecular formula is C19H33NO2. The van der Waals surface area contributed by atoms with Crippen molar-refractivity contribution in [1.29, 1.82) is 0 Å². The Balaban J connectivity index is 2.56. The Hall–Kier alpha value is -0.900. The van der Waals surface area contributed by atoms with Crippen molar-refractivity contribution < 1.29 is 9.47 Å². The molecule has 0 aliphatic rings. The minimum Gasteiger partial charge on any atom is -0.349 e. The monoisotopic (exact) mass is 307 g/mol. The van der Waals surface area contributed by atoms with Gasteiger partial charge in [-0.1, -0.05) is 51.0 Å². The molecular weight excluding hydrogens is 274 g/mol. The minimum atomic E-state index is -0.245. The lowest BCUT2D eigenvalue weighted by Gasteiger charge is -2.19. The topological polar surface area (TPSA) is 30.5 Å². The predicted molar refractivity (Wildman–Crippen MR) is 92.9 cm³/mol. The largest absolute Gasteiger partial charge is 0.349 e. The van der Waals surface area contributed by atoms with Crippen LogP contribution in [0.5, 0.6) is 0 Å². The SMILES string of the molecule is CCCC(CCC)NCc1ccc(C(OCC)OCC)cc1. The van der Waals surface area contributed by atoms with E-state index in [4.69, 9.17) is 9.47 Å². The standard InChI is InChI=1S/C19H33NO2/c1-5-9-18(10-6-2)20-15-16-11-13-17(14-12-16)19(21-7-3)22-8-4/h11-14,18-20H,5-10,15H2,1-4H3. The summed E-state index contributed by atoms with van der Waals surface area (Å²) in [5.74, 6) is 0. The summed E-state index contributed by atoms with van der Waals surface area (Å²) in [6.07, 6.45) is 4.73. The molecule has 0 unspecified atom stereocenters. The third-order valence-corrected chi connectivity index (χ3v) is 3.76. The first-order valence-electron chi connectivity index (χ1n) is 8.80. The molecule has 0 bridgehead atoms. The summed E-state index contributed by atoms with van der Waals surface area (Å²) < 4.78 is 11.3. The van der Waals surface area contributed by atoms with E-state index in [9.17, 15) is 0 Å². The zero-order chi connectivity index (χ0) is 16.2. The molecule has 126 valence electrons. The van der Waals surface area contributed by atoms with Crippen LogP contribution in [0.4, 0.5) is 0 Å². The quantitative estimate of drug-likeness (QED) is 0.562. The number of nitrogens with one attached hydrogen (secondary N) is 1. The number of ether oxygens (including phenoxy) is 2. The van der Waals surface area contributed by atoms with Crippen molar-refractivity contribution in [2.75, 3.05) is 13.2 Å². The van der Waals surface area contributed by atoms with Crippen molar-refractivity contribution in [3.63, 3.8) is 0 Å². The molecule has 0 heterocycles. The highest BCUT2D eigenvalue weighted by atomic mass is 16.7.